The summed E-state index contributed by atoms with van der Waals surface area (Å²) in [5, 5.41) is 3.57. The van der Waals surface area contributed by atoms with Gasteiger partial charge in [0.1, 0.15) is 0 Å². The molecule has 16 heavy (non-hydrogen) atoms. The smallest absolute Gasteiger partial charge is 0.308 e. The molecule has 0 radical (unpaired) electrons. The predicted molar refractivity (Wildman–Crippen MR) is 67.4 cm³/mol. The van der Waals surface area contributed by atoms with Gasteiger partial charge in [0.2, 0.25) is 0 Å². The summed E-state index contributed by atoms with van der Waals surface area (Å²) in [6.07, 6.45) is 4.38. The van der Waals surface area contributed by atoms with Crippen molar-refractivity contribution in [1.29, 1.82) is 0 Å². The highest BCUT2D eigenvalue weighted by Gasteiger charge is 2.18. The molecule has 0 saturated carbocycles. The number of carbonyl (C=O) groups is 1. The van der Waals surface area contributed by atoms with E-state index in [1.165, 1.54) is 20.0 Å². The lowest BCUT2D eigenvalue weighted by Gasteiger charge is -2.23. The number of carbonyl (C=O) groups excluding carboxylic acids is 1. The summed E-state index contributed by atoms with van der Waals surface area (Å²) >= 11 is 0. The van der Waals surface area contributed by atoms with Crippen LogP contribution >= 0.6 is 0 Å². The van der Waals surface area contributed by atoms with Gasteiger partial charge in [0.15, 0.2) is 0 Å². The van der Waals surface area contributed by atoms with E-state index in [1.54, 1.807) is 0 Å². The largest absolute Gasteiger partial charge is 0.469 e. The van der Waals surface area contributed by atoms with Crippen LogP contribution in [0.4, 0.5) is 0 Å². The number of rotatable bonds is 8. The second-order valence-corrected chi connectivity index (χ2v) is 4.62. The van der Waals surface area contributed by atoms with Gasteiger partial charge in [0.25, 0.3) is 0 Å². The van der Waals surface area contributed by atoms with Crippen LogP contribution in [-0.4, -0.2) is 25.2 Å². The van der Waals surface area contributed by atoms with E-state index in [9.17, 15) is 4.79 Å². The number of esters is 1. The zero-order valence-electron chi connectivity index (χ0n) is 11.4. The third-order valence-electron chi connectivity index (χ3n) is 2.96. The molecule has 0 aliphatic carbocycles. The van der Waals surface area contributed by atoms with Gasteiger partial charge >= 0.3 is 5.97 Å². The Morgan fingerprint density at radius 2 is 1.94 bits per heavy atom. The lowest BCUT2D eigenvalue weighted by molar-refractivity contribution is -0.145. The van der Waals surface area contributed by atoms with E-state index >= 15 is 0 Å². The van der Waals surface area contributed by atoms with E-state index in [4.69, 9.17) is 4.74 Å². The first-order valence-corrected chi connectivity index (χ1v) is 6.38. The van der Waals surface area contributed by atoms with Crippen LogP contribution < -0.4 is 5.32 Å². The summed E-state index contributed by atoms with van der Waals surface area (Å²) in [5.74, 6) is -0.135. The molecule has 3 unspecified atom stereocenters. The molecule has 0 rings (SSSR count). The molecular formula is C13H27NO2. The van der Waals surface area contributed by atoms with Crippen molar-refractivity contribution >= 4 is 5.97 Å². The van der Waals surface area contributed by atoms with E-state index in [2.05, 4.69) is 26.1 Å². The Morgan fingerprint density at radius 1 is 1.31 bits per heavy atom. The van der Waals surface area contributed by atoms with Gasteiger partial charge in [0, 0.05) is 12.1 Å². The Labute approximate surface area is 99.9 Å². The molecule has 3 heteroatoms. The number of nitrogens with one attached hydrogen (secondary N) is 1. The predicted octanol–water partition coefficient (Wildman–Crippen LogP) is 2.74. The van der Waals surface area contributed by atoms with Crippen LogP contribution in [0, 0.1) is 5.92 Å². The van der Waals surface area contributed by atoms with Gasteiger partial charge in [-0.25, -0.2) is 0 Å². The van der Waals surface area contributed by atoms with Gasteiger partial charge in [0.05, 0.1) is 13.0 Å². The molecule has 0 amide bonds. The van der Waals surface area contributed by atoms with Crippen LogP contribution in [0.3, 0.4) is 0 Å². The van der Waals surface area contributed by atoms with Crippen molar-refractivity contribution in [2.24, 2.45) is 5.92 Å². The van der Waals surface area contributed by atoms with Crippen LogP contribution in [0.2, 0.25) is 0 Å². The summed E-state index contributed by atoms with van der Waals surface area (Å²) in [6, 6.07) is 0.940. The Hall–Kier alpha value is -0.570. The van der Waals surface area contributed by atoms with E-state index in [-0.39, 0.29) is 11.9 Å². The highest BCUT2D eigenvalue weighted by Crippen LogP contribution is 2.10. The Balaban J connectivity index is 3.95. The van der Waals surface area contributed by atoms with Crippen molar-refractivity contribution in [2.45, 2.75) is 65.5 Å². The minimum atomic E-state index is -0.114. The average Bonchev–Trinajstić information content (AvgIpc) is 2.27. The van der Waals surface area contributed by atoms with Crippen LogP contribution in [0.15, 0.2) is 0 Å². The van der Waals surface area contributed by atoms with Crippen LogP contribution in [0.5, 0.6) is 0 Å². The number of hydrogen-bond acceptors (Lipinski definition) is 3. The highest BCUT2D eigenvalue weighted by molar-refractivity contribution is 5.71. The minimum absolute atomic E-state index is 0.0216. The van der Waals surface area contributed by atoms with Gasteiger partial charge in [-0.05, 0) is 26.2 Å². The molecular weight excluding hydrogens is 202 g/mol. The molecule has 0 spiro atoms. The van der Waals surface area contributed by atoms with Gasteiger partial charge in [-0.2, -0.15) is 0 Å². The van der Waals surface area contributed by atoms with Crippen molar-refractivity contribution in [2.75, 3.05) is 7.11 Å². The maximum atomic E-state index is 11.3. The molecule has 3 atom stereocenters. The average molecular weight is 229 g/mol. The first-order valence-electron chi connectivity index (χ1n) is 6.38. The van der Waals surface area contributed by atoms with E-state index in [0.717, 1.165) is 12.8 Å². The highest BCUT2D eigenvalue weighted by atomic mass is 16.5. The third-order valence-corrected chi connectivity index (χ3v) is 2.96. The first-order chi connectivity index (χ1) is 7.54. The summed E-state index contributed by atoms with van der Waals surface area (Å²) in [5.41, 5.74) is 0. The fourth-order valence-electron chi connectivity index (χ4n) is 2.05. The molecule has 0 aromatic rings. The Bertz CT molecular complexity index is 194. The van der Waals surface area contributed by atoms with E-state index in [1.807, 2.05) is 6.92 Å². The second-order valence-electron chi connectivity index (χ2n) is 4.62. The van der Waals surface area contributed by atoms with Gasteiger partial charge in [-0.1, -0.05) is 27.2 Å². The molecule has 0 saturated heterocycles. The van der Waals surface area contributed by atoms with Crippen LogP contribution in [-0.2, 0) is 9.53 Å². The molecule has 96 valence electrons. The SMILES string of the molecule is CCCC(CC)NC(C)CC(C)C(=O)OC. The minimum Gasteiger partial charge on any atom is -0.469 e. The molecule has 0 aliphatic heterocycles. The van der Waals surface area contributed by atoms with Gasteiger partial charge in [-0.3, -0.25) is 4.79 Å². The lowest BCUT2D eigenvalue weighted by Crippen LogP contribution is -2.37. The first kappa shape index (κ1) is 15.4. The number of ether oxygens (including phenoxy) is 1. The fourth-order valence-corrected chi connectivity index (χ4v) is 2.05. The molecule has 1 N–H and O–H groups in total. The zero-order chi connectivity index (χ0) is 12.6. The monoisotopic (exact) mass is 229 g/mol. The third kappa shape index (κ3) is 6.11. The van der Waals surface area contributed by atoms with Gasteiger partial charge < -0.3 is 10.1 Å². The Kier molecular flexibility index (Phi) is 8.26. The molecule has 0 heterocycles. The summed E-state index contributed by atoms with van der Waals surface area (Å²) < 4.78 is 4.72. The molecule has 0 aromatic carbocycles. The molecule has 0 bridgehead atoms. The summed E-state index contributed by atoms with van der Waals surface area (Å²) in [4.78, 5) is 11.3. The standard InChI is InChI=1S/C13H27NO2/c1-6-8-12(7-2)14-11(4)9-10(3)13(15)16-5/h10-12,14H,6-9H2,1-5H3. The zero-order valence-corrected chi connectivity index (χ0v) is 11.4. The van der Waals surface area contributed by atoms with Crippen molar-refractivity contribution in [3.8, 4) is 0 Å². The topological polar surface area (TPSA) is 38.3 Å². The van der Waals surface area contributed by atoms with Crippen LogP contribution in [0.25, 0.3) is 0 Å². The normalized spacial score (nSPS) is 16.6. The number of hydrogen-bond donors (Lipinski definition) is 1. The lowest BCUT2D eigenvalue weighted by atomic mass is 10.0. The quantitative estimate of drug-likeness (QED) is 0.650. The Morgan fingerprint density at radius 3 is 2.38 bits per heavy atom. The maximum absolute atomic E-state index is 11.3. The fraction of sp³-hybridized carbons (Fsp3) is 0.923. The molecule has 0 aromatic heterocycles. The van der Waals surface area contributed by atoms with Gasteiger partial charge in [-0.15, -0.1) is 0 Å². The summed E-state index contributed by atoms with van der Waals surface area (Å²) in [6.45, 7) is 8.46. The molecule has 0 aliphatic rings. The van der Waals surface area contributed by atoms with Crippen molar-refractivity contribution in [3.63, 3.8) is 0 Å². The molecule has 3 nitrogen and oxygen atoms in total. The number of methoxy groups -OCH3 is 1. The summed E-state index contributed by atoms with van der Waals surface area (Å²) in [7, 11) is 1.45. The van der Waals surface area contributed by atoms with Crippen molar-refractivity contribution in [3.05, 3.63) is 0 Å². The van der Waals surface area contributed by atoms with E-state index in [0.29, 0.717) is 12.1 Å². The van der Waals surface area contributed by atoms with Crippen molar-refractivity contribution < 1.29 is 9.53 Å². The van der Waals surface area contributed by atoms with Crippen molar-refractivity contribution in [1.82, 2.24) is 5.32 Å². The second kappa shape index (κ2) is 8.57. The molecule has 0 fully saturated rings. The van der Waals surface area contributed by atoms with Crippen LogP contribution in [0.1, 0.15) is 53.4 Å². The van der Waals surface area contributed by atoms with E-state index < -0.39 is 0 Å². The maximum Gasteiger partial charge on any atom is 0.308 e.